The molecule has 0 bridgehead atoms. The lowest BCUT2D eigenvalue weighted by Gasteiger charge is -2.37. The second-order valence-electron chi connectivity index (χ2n) is 5.11. The SMILES string of the molecule is CC1CCC(C(N)=O)CN1C(=O)c1ccc(F)cc1I. The second-order valence-corrected chi connectivity index (χ2v) is 6.27. The van der Waals surface area contributed by atoms with Crippen molar-refractivity contribution in [1.82, 2.24) is 4.90 Å². The van der Waals surface area contributed by atoms with Crippen molar-refractivity contribution >= 4 is 34.4 Å². The molecule has 2 rings (SSSR count). The summed E-state index contributed by atoms with van der Waals surface area (Å²) in [5.74, 6) is -1.21. The number of carbonyl (C=O) groups excluding carboxylic acids is 2. The first kappa shape index (κ1) is 15.2. The van der Waals surface area contributed by atoms with Crippen molar-refractivity contribution in [3.05, 3.63) is 33.1 Å². The maximum absolute atomic E-state index is 13.1. The minimum Gasteiger partial charge on any atom is -0.369 e. The Hall–Kier alpha value is -1.18. The van der Waals surface area contributed by atoms with Crippen LogP contribution in [-0.4, -0.2) is 29.3 Å². The zero-order valence-corrected chi connectivity index (χ0v) is 13.3. The van der Waals surface area contributed by atoms with Gasteiger partial charge in [-0.2, -0.15) is 0 Å². The summed E-state index contributed by atoms with van der Waals surface area (Å²) in [7, 11) is 0. The van der Waals surface area contributed by atoms with E-state index in [0.717, 1.165) is 6.42 Å². The van der Waals surface area contributed by atoms with Crippen molar-refractivity contribution in [2.45, 2.75) is 25.8 Å². The van der Waals surface area contributed by atoms with Crippen LogP contribution in [0.1, 0.15) is 30.1 Å². The van der Waals surface area contributed by atoms with Crippen LogP contribution < -0.4 is 5.73 Å². The molecule has 2 N–H and O–H groups in total. The highest BCUT2D eigenvalue weighted by Crippen LogP contribution is 2.25. The van der Waals surface area contributed by atoms with Crippen molar-refractivity contribution in [2.24, 2.45) is 11.7 Å². The average Bonchev–Trinajstić information content (AvgIpc) is 2.38. The lowest BCUT2D eigenvalue weighted by atomic mass is 9.92. The van der Waals surface area contributed by atoms with Crippen LogP contribution in [-0.2, 0) is 4.79 Å². The summed E-state index contributed by atoms with van der Waals surface area (Å²) < 4.78 is 13.7. The molecular weight excluding hydrogens is 374 g/mol. The molecule has 0 aromatic heterocycles. The zero-order valence-electron chi connectivity index (χ0n) is 11.1. The summed E-state index contributed by atoms with van der Waals surface area (Å²) in [5.41, 5.74) is 5.80. The second kappa shape index (κ2) is 6.07. The molecule has 4 nitrogen and oxygen atoms in total. The smallest absolute Gasteiger partial charge is 0.255 e. The Bertz CT molecular complexity index is 550. The Kier molecular flexibility index (Phi) is 4.62. The van der Waals surface area contributed by atoms with Crippen LogP contribution in [0.3, 0.4) is 0 Å². The van der Waals surface area contributed by atoms with Gasteiger partial charge >= 0.3 is 0 Å². The Labute approximate surface area is 130 Å². The lowest BCUT2D eigenvalue weighted by molar-refractivity contribution is -0.123. The van der Waals surface area contributed by atoms with E-state index in [4.69, 9.17) is 5.73 Å². The molecule has 1 fully saturated rings. The molecule has 2 unspecified atom stereocenters. The Morgan fingerprint density at radius 3 is 2.70 bits per heavy atom. The number of carbonyl (C=O) groups is 2. The van der Waals surface area contributed by atoms with E-state index in [9.17, 15) is 14.0 Å². The maximum atomic E-state index is 13.1. The van der Waals surface area contributed by atoms with Gasteiger partial charge in [-0.1, -0.05) is 0 Å². The van der Waals surface area contributed by atoms with Crippen LogP contribution in [0.15, 0.2) is 18.2 Å². The van der Waals surface area contributed by atoms with Crippen LogP contribution in [0, 0.1) is 15.3 Å². The number of hydrogen-bond acceptors (Lipinski definition) is 2. The first-order valence-electron chi connectivity index (χ1n) is 6.45. The van der Waals surface area contributed by atoms with Crippen LogP contribution >= 0.6 is 22.6 Å². The van der Waals surface area contributed by atoms with Crippen LogP contribution in [0.25, 0.3) is 0 Å². The van der Waals surface area contributed by atoms with E-state index in [1.165, 1.54) is 18.2 Å². The van der Waals surface area contributed by atoms with Gasteiger partial charge in [0.15, 0.2) is 0 Å². The molecule has 108 valence electrons. The van der Waals surface area contributed by atoms with Crippen molar-refractivity contribution in [1.29, 1.82) is 0 Å². The number of halogens is 2. The number of likely N-dealkylation sites (tertiary alicyclic amines) is 1. The van der Waals surface area contributed by atoms with Crippen LogP contribution in [0.5, 0.6) is 0 Å². The van der Waals surface area contributed by atoms with E-state index in [0.29, 0.717) is 22.1 Å². The molecule has 20 heavy (non-hydrogen) atoms. The normalized spacial score (nSPS) is 22.6. The number of piperidine rings is 1. The summed E-state index contributed by atoms with van der Waals surface area (Å²) in [5, 5.41) is 0. The molecule has 6 heteroatoms. The quantitative estimate of drug-likeness (QED) is 0.787. The monoisotopic (exact) mass is 390 g/mol. The fraction of sp³-hybridized carbons (Fsp3) is 0.429. The molecule has 2 atom stereocenters. The molecule has 1 aromatic rings. The number of amides is 2. The number of rotatable bonds is 2. The first-order valence-corrected chi connectivity index (χ1v) is 7.53. The van der Waals surface area contributed by atoms with Crippen molar-refractivity contribution in [3.63, 3.8) is 0 Å². The molecule has 0 spiro atoms. The van der Waals surface area contributed by atoms with Gasteiger partial charge < -0.3 is 10.6 Å². The Balaban J connectivity index is 2.24. The van der Waals surface area contributed by atoms with Crippen molar-refractivity contribution < 1.29 is 14.0 Å². The third-order valence-electron chi connectivity index (χ3n) is 3.71. The fourth-order valence-corrected chi connectivity index (χ4v) is 3.15. The summed E-state index contributed by atoms with van der Waals surface area (Å²) in [4.78, 5) is 25.5. The highest BCUT2D eigenvalue weighted by Gasteiger charge is 2.32. The number of hydrogen-bond donors (Lipinski definition) is 1. The molecule has 1 aromatic carbocycles. The van der Waals surface area contributed by atoms with Gasteiger partial charge in [0.1, 0.15) is 5.82 Å². The van der Waals surface area contributed by atoms with E-state index >= 15 is 0 Å². The Morgan fingerprint density at radius 1 is 1.40 bits per heavy atom. The predicted octanol–water partition coefficient (Wildman–Crippen LogP) is 2.16. The summed E-state index contributed by atoms with van der Waals surface area (Å²) >= 11 is 1.94. The number of nitrogens with zero attached hydrogens (tertiary/aromatic N) is 1. The third-order valence-corrected chi connectivity index (χ3v) is 4.60. The average molecular weight is 390 g/mol. The first-order chi connectivity index (χ1) is 9.40. The van der Waals surface area contributed by atoms with Gasteiger partial charge in [0.05, 0.1) is 11.5 Å². The minimum absolute atomic E-state index is 0.0546. The standard InChI is InChI=1S/C14H16FIN2O2/c1-8-2-3-9(13(17)19)7-18(8)14(20)11-5-4-10(15)6-12(11)16/h4-6,8-9H,2-3,7H2,1H3,(H2,17,19). The van der Waals surface area contributed by atoms with E-state index in [1.54, 1.807) is 4.90 Å². The van der Waals surface area contributed by atoms with E-state index in [1.807, 2.05) is 29.5 Å². The molecule has 2 amide bonds. The van der Waals surface area contributed by atoms with E-state index < -0.39 is 0 Å². The lowest BCUT2D eigenvalue weighted by Crippen LogP contribution is -2.48. The third kappa shape index (κ3) is 3.11. The highest BCUT2D eigenvalue weighted by molar-refractivity contribution is 14.1. The zero-order chi connectivity index (χ0) is 14.9. The van der Waals surface area contributed by atoms with Crippen LogP contribution in [0.2, 0.25) is 0 Å². The maximum Gasteiger partial charge on any atom is 0.255 e. The molecular formula is C14H16FIN2O2. The highest BCUT2D eigenvalue weighted by atomic mass is 127. The van der Waals surface area contributed by atoms with Gasteiger partial charge in [0.2, 0.25) is 5.91 Å². The minimum atomic E-state index is -0.372. The van der Waals surface area contributed by atoms with Gasteiger partial charge in [-0.3, -0.25) is 9.59 Å². The molecule has 0 radical (unpaired) electrons. The van der Waals surface area contributed by atoms with Gasteiger partial charge in [-0.15, -0.1) is 0 Å². The molecule has 1 saturated heterocycles. The molecule has 0 aliphatic carbocycles. The summed E-state index contributed by atoms with van der Waals surface area (Å²) in [6, 6.07) is 4.14. The van der Waals surface area contributed by atoms with Gasteiger partial charge in [-0.05, 0) is 60.6 Å². The van der Waals surface area contributed by atoms with Crippen molar-refractivity contribution in [3.8, 4) is 0 Å². The molecule has 1 aliphatic rings. The van der Waals surface area contributed by atoms with Crippen LogP contribution in [0.4, 0.5) is 4.39 Å². The number of benzene rings is 1. The largest absolute Gasteiger partial charge is 0.369 e. The van der Waals surface area contributed by atoms with Crippen molar-refractivity contribution in [2.75, 3.05) is 6.54 Å². The molecule has 1 aliphatic heterocycles. The van der Waals surface area contributed by atoms with E-state index in [2.05, 4.69) is 0 Å². The summed E-state index contributed by atoms with van der Waals surface area (Å²) in [6.07, 6.45) is 1.46. The van der Waals surface area contributed by atoms with Gasteiger partial charge in [0.25, 0.3) is 5.91 Å². The molecule has 0 saturated carbocycles. The number of primary amides is 1. The fourth-order valence-electron chi connectivity index (χ4n) is 2.44. The van der Waals surface area contributed by atoms with Gasteiger partial charge in [-0.25, -0.2) is 4.39 Å². The Morgan fingerprint density at radius 2 is 2.10 bits per heavy atom. The summed E-state index contributed by atoms with van der Waals surface area (Å²) in [6.45, 7) is 2.29. The number of nitrogens with two attached hydrogens (primary N) is 1. The van der Waals surface area contributed by atoms with E-state index in [-0.39, 0.29) is 29.6 Å². The predicted molar refractivity (Wildman–Crippen MR) is 81.5 cm³/mol. The molecule has 1 heterocycles. The van der Waals surface area contributed by atoms with Gasteiger partial charge in [0, 0.05) is 16.2 Å². The topological polar surface area (TPSA) is 63.4 Å².